The van der Waals surface area contributed by atoms with Crippen molar-refractivity contribution in [2.75, 3.05) is 6.54 Å². The van der Waals surface area contributed by atoms with Crippen LogP contribution in [0.2, 0.25) is 4.34 Å². The predicted molar refractivity (Wildman–Crippen MR) is 80.5 cm³/mol. The van der Waals surface area contributed by atoms with E-state index in [1.54, 1.807) is 16.0 Å². The van der Waals surface area contributed by atoms with Gasteiger partial charge in [-0.3, -0.25) is 9.48 Å². The summed E-state index contributed by atoms with van der Waals surface area (Å²) in [6.45, 7) is 5.21. The average molecular weight is 310 g/mol. The molecular formula is C14H16ClN3OS. The van der Waals surface area contributed by atoms with Crippen molar-refractivity contribution in [3.8, 4) is 0 Å². The summed E-state index contributed by atoms with van der Waals surface area (Å²) in [5.41, 5.74) is 3.63. The van der Waals surface area contributed by atoms with Gasteiger partial charge in [-0.05, 0) is 31.9 Å². The highest BCUT2D eigenvalue weighted by atomic mass is 35.5. The van der Waals surface area contributed by atoms with E-state index >= 15 is 0 Å². The number of carbonyl (C=O) groups is 1. The molecule has 0 aliphatic carbocycles. The van der Waals surface area contributed by atoms with Crippen LogP contribution < -0.4 is 0 Å². The van der Waals surface area contributed by atoms with Gasteiger partial charge in [0.25, 0.3) is 5.91 Å². The molecule has 0 aromatic carbocycles. The molecule has 2 aromatic rings. The maximum Gasteiger partial charge on any atom is 0.257 e. The molecule has 1 aliphatic heterocycles. The van der Waals surface area contributed by atoms with Crippen LogP contribution >= 0.6 is 22.9 Å². The van der Waals surface area contributed by atoms with Crippen molar-refractivity contribution in [2.24, 2.45) is 7.05 Å². The number of halogens is 1. The summed E-state index contributed by atoms with van der Waals surface area (Å²) >= 11 is 7.67. The van der Waals surface area contributed by atoms with Gasteiger partial charge in [0.2, 0.25) is 0 Å². The Hall–Kier alpha value is -1.33. The van der Waals surface area contributed by atoms with Crippen molar-refractivity contribution in [1.82, 2.24) is 14.7 Å². The van der Waals surface area contributed by atoms with E-state index in [2.05, 4.69) is 5.10 Å². The summed E-state index contributed by atoms with van der Waals surface area (Å²) in [6.07, 6.45) is 0.886. The first-order valence-corrected chi connectivity index (χ1v) is 7.73. The van der Waals surface area contributed by atoms with E-state index in [1.807, 2.05) is 31.9 Å². The molecule has 4 nitrogen and oxygen atoms in total. The Morgan fingerprint density at radius 3 is 2.85 bits per heavy atom. The minimum Gasteiger partial charge on any atom is -0.334 e. The molecule has 1 aliphatic rings. The standard InChI is InChI=1S/C14H16ClN3OS/c1-8-13(9(2)17(3)16-8)14(19)18-5-4-11-10(7-18)6-12(15)20-11/h6H,4-5,7H2,1-3H3. The maximum absolute atomic E-state index is 12.7. The molecule has 106 valence electrons. The summed E-state index contributed by atoms with van der Waals surface area (Å²) in [6, 6.07) is 1.98. The Morgan fingerprint density at radius 1 is 1.45 bits per heavy atom. The van der Waals surface area contributed by atoms with Gasteiger partial charge in [0, 0.05) is 30.7 Å². The van der Waals surface area contributed by atoms with Gasteiger partial charge in [-0.2, -0.15) is 5.10 Å². The number of hydrogen-bond donors (Lipinski definition) is 0. The lowest BCUT2D eigenvalue weighted by molar-refractivity contribution is 0.0734. The van der Waals surface area contributed by atoms with E-state index in [0.717, 1.165) is 34.3 Å². The number of rotatable bonds is 1. The fourth-order valence-electron chi connectivity index (χ4n) is 2.71. The molecule has 1 amide bonds. The SMILES string of the molecule is Cc1nn(C)c(C)c1C(=O)N1CCc2sc(Cl)cc2C1. The minimum absolute atomic E-state index is 0.0704. The van der Waals surface area contributed by atoms with Crippen LogP contribution in [0.3, 0.4) is 0 Å². The van der Waals surface area contributed by atoms with Crippen molar-refractivity contribution in [3.63, 3.8) is 0 Å². The van der Waals surface area contributed by atoms with Gasteiger partial charge in [-0.25, -0.2) is 0 Å². The molecule has 0 saturated heterocycles. The molecule has 3 heterocycles. The molecule has 0 saturated carbocycles. The van der Waals surface area contributed by atoms with Crippen molar-refractivity contribution >= 4 is 28.8 Å². The number of aromatic nitrogens is 2. The molecular weight excluding hydrogens is 294 g/mol. The molecule has 20 heavy (non-hydrogen) atoms. The van der Waals surface area contributed by atoms with Crippen LogP contribution in [-0.4, -0.2) is 27.1 Å². The zero-order valence-corrected chi connectivity index (χ0v) is 13.3. The van der Waals surface area contributed by atoms with Gasteiger partial charge in [0.1, 0.15) is 0 Å². The van der Waals surface area contributed by atoms with Crippen LogP contribution in [0, 0.1) is 13.8 Å². The lowest BCUT2D eigenvalue weighted by Gasteiger charge is -2.27. The monoisotopic (exact) mass is 309 g/mol. The van der Waals surface area contributed by atoms with E-state index in [4.69, 9.17) is 11.6 Å². The topological polar surface area (TPSA) is 38.1 Å². The van der Waals surface area contributed by atoms with Crippen molar-refractivity contribution in [2.45, 2.75) is 26.8 Å². The lowest BCUT2D eigenvalue weighted by Crippen LogP contribution is -2.35. The molecule has 0 fully saturated rings. The van der Waals surface area contributed by atoms with Gasteiger partial charge in [0.15, 0.2) is 0 Å². The van der Waals surface area contributed by atoms with Gasteiger partial charge in [0.05, 0.1) is 15.6 Å². The van der Waals surface area contributed by atoms with Crippen LogP contribution in [0.4, 0.5) is 0 Å². The lowest BCUT2D eigenvalue weighted by atomic mass is 10.1. The number of hydrogen-bond acceptors (Lipinski definition) is 3. The summed E-state index contributed by atoms with van der Waals surface area (Å²) in [7, 11) is 1.87. The van der Waals surface area contributed by atoms with Crippen molar-refractivity contribution < 1.29 is 4.79 Å². The highest BCUT2D eigenvalue weighted by Gasteiger charge is 2.27. The molecule has 0 unspecified atom stereocenters. The normalized spacial score (nSPS) is 14.5. The Morgan fingerprint density at radius 2 is 2.20 bits per heavy atom. The summed E-state index contributed by atoms with van der Waals surface area (Å²) in [5, 5.41) is 4.33. The summed E-state index contributed by atoms with van der Waals surface area (Å²) in [4.78, 5) is 15.9. The maximum atomic E-state index is 12.7. The van der Waals surface area contributed by atoms with E-state index in [-0.39, 0.29) is 5.91 Å². The van der Waals surface area contributed by atoms with Crippen LogP contribution in [0.1, 0.15) is 32.2 Å². The zero-order valence-electron chi connectivity index (χ0n) is 11.7. The van der Waals surface area contributed by atoms with Gasteiger partial charge in [-0.1, -0.05) is 11.6 Å². The third kappa shape index (κ3) is 2.15. The second kappa shape index (κ2) is 4.90. The van der Waals surface area contributed by atoms with Crippen LogP contribution in [0.25, 0.3) is 0 Å². The van der Waals surface area contributed by atoms with Gasteiger partial charge >= 0.3 is 0 Å². The molecule has 0 spiro atoms. The molecule has 3 rings (SSSR count). The summed E-state index contributed by atoms with van der Waals surface area (Å²) < 4.78 is 2.57. The fraction of sp³-hybridized carbons (Fsp3) is 0.429. The second-order valence-corrected chi connectivity index (χ2v) is 6.91. The third-order valence-corrected chi connectivity index (χ3v) is 5.21. The summed E-state index contributed by atoms with van der Waals surface area (Å²) in [5.74, 6) is 0.0704. The predicted octanol–water partition coefficient (Wildman–Crippen LogP) is 2.95. The molecule has 0 N–H and O–H groups in total. The first kappa shape index (κ1) is 13.6. The molecule has 6 heteroatoms. The Labute approximate surface area is 127 Å². The Kier molecular flexibility index (Phi) is 3.34. The number of nitrogens with zero attached hydrogens (tertiary/aromatic N) is 3. The van der Waals surface area contributed by atoms with Gasteiger partial charge < -0.3 is 4.90 Å². The number of thiophene rings is 1. The minimum atomic E-state index is 0.0704. The highest BCUT2D eigenvalue weighted by molar-refractivity contribution is 7.16. The van der Waals surface area contributed by atoms with E-state index in [0.29, 0.717) is 6.54 Å². The zero-order chi connectivity index (χ0) is 14.4. The average Bonchev–Trinajstić information content (AvgIpc) is 2.87. The second-order valence-electron chi connectivity index (χ2n) is 5.15. The Bertz CT molecular complexity index is 689. The molecule has 0 atom stereocenters. The van der Waals surface area contributed by atoms with Crippen LogP contribution in [-0.2, 0) is 20.0 Å². The van der Waals surface area contributed by atoms with Crippen molar-refractivity contribution in [3.05, 3.63) is 37.8 Å². The van der Waals surface area contributed by atoms with Crippen LogP contribution in [0.15, 0.2) is 6.07 Å². The molecule has 0 bridgehead atoms. The third-order valence-electron chi connectivity index (χ3n) is 3.85. The highest BCUT2D eigenvalue weighted by Crippen LogP contribution is 2.32. The van der Waals surface area contributed by atoms with Crippen molar-refractivity contribution in [1.29, 1.82) is 0 Å². The fourth-order valence-corrected chi connectivity index (χ4v) is 4.01. The smallest absolute Gasteiger partial charge is 0.257 e. The Balaban J connectivity index is 1.89. The number of amides is 1. The number of aryl methyl sites for hydroxylation is 2. The largest absolute Gasteiger partial charge is 0.334 e. The number of fused-ring (bicyclic) bond motifs is 1. The van der Waals surface area contributed by atoms with Gasteiger partial charge in [-0.15, -0.1) is 11.3 Å². The first-order chi connectivity index (χ1) is 9.47. The van der Waals surface area contributed by atoms with Crippen LogP contribution in [0.5, 0.6) is 0 Å². The van der Waals surface area contributed by atoms with E-state index < -0.39 is 0 Å². The van der Waals surface area contributed by atoms with E-state index in [1.165, 1.54) is 10.4 Å². The number of carbonyl (C=O) groups excluding carboxylic acids is 1. The quantitative estimate of drug-likeness (QED) is 0.812. The van der Waals surface area contributed by atoms with E-state index in [9.17, 15) is 4.79 Å². The first-order valence-electron chi connectivity index (χ1n) is 6.54. The molecule has 0 radical (unpaired) electrons. The molecule has 2 aromatic heterocycles.